The second-order valence-corrected chi connectivity index (χ2v) is 6.57. The SMILES string of the molecule is COc1ccc(OCC(=O)N2N=C(c3ccc(C)cc3)C[C@@]2(O)C(F)(F)F)cc1. The first-order valence-electron chi connectivity index (χ1n) is 8.67. The summed E-state index contributed by atoms with van der Waals surface area (Å²) in [5.41, 5.74) is -2.17. The maximum absolute atomic E-state index is 13.6. The lowest BCUT2D eigenvalue weighted by Crippen LogP contribution is -2.57. The van der Waals surface area contributed by atoms with Crippen molar-refractivity contribution in [1.29, 1.82) is 0 Å². The van der Waals surface area contributed by atoms with Gasteiger partial charge in [-0.2, -0.15) is 23.3 Å². The topological polar surface area (TPSA) is 71.4 Å². The summed E-state index contributed by atoms with van der Waals surface area (Å²) < 4.78 is 51.0. The molecule has 0 radical (unpaired) electrons. The van der Waals surface area contributed by atoms with Gasteiger partial charge in [0.05, 0.1) is 19.2 Å². The number of nitrogens with zero attached hydrogens (tertiary/aromatic N) is 2. The number of halogens is 3. The van der Waals surface area contributed by atoms with Crippen LogP contribution in [0.4, 0.5) is 13.2 Å². The van der Waals surface area contributed by atoms with Crippen molar-refractivity contribution in [3.05, 3.63) is 59.7 Å². The van der Waals surface area contributed by atoms with Gasteiger partial charge in [0.1, 0.15) is 11.5 Å². The van der Waals surface area contributed by atoms with E-state index in [1.807, 2.05) is 6.92 Å². The Labute approximate surface area is 165 Å². The highest BCUT2D eigenvalue weighted by Gasteiger charge is 2.63. The van der Waals surface area contributed by atoms with E-state index in [-0.39, 0.29) is 16.5 Å². The van der Waals surface area contributed by atoms with E-state index in [4.69, 9.17) is 9.47 Å². The van der Waals surface area contributed by atoms with Crippen LogP contribution in [0.25, 0.3) is 0 Å². The van der Waals surface area contributed by atoms with Gasteiger partial charge >= 0.3 is 6.18 Å². The van der Waals surface area contributed by atoms with Crippen molar-refractivity contribution in [2.45, 2.75) is 25.2 Å². The molecule has 1 aliphatic heterocycles. The molecule has 0 bridgehead atoms. The van der Waals surface area contributed by atoms with Gasteiger partial charge in [0.25, 0.3) is 11.6 Å². The maximum atomic E-state index is 13.6. The Morgan fingerprint density at radius 3 is 2.28 bits per heavy atom. The van der Waals surface area contributed by atoms with Crippen LogP contribution < -0.4 is 9.47 Å². The van der Waals surface area contributed by atoms with Crippen molar-refractivity contribution < 1.29 is 32.5 Å². The maximum Gasteiger partial charge on any atom is 0.438 e. The summed E-state index contributed by atoms with van der Waals surface area (Å²) in [6.07, 6.45) is -5.97. The van der Waals surface area contributed by atoms with Crippen LogP contribution in [-0.2, 0) is 4.79 Å². The first-order valence-corrected chi connectivity index (χ1v) is 8.67. The number of hydrazone groups is 1. The van der Waals surface area contributed by atoms with Gasteiger partial charge < -0.3 is 14.6 Å². The van der Waals surface area contributed by atoms with Crippen LogP contribution in [0.15, 0.2) is 53.6 Å². The van der Waals surface area contributed by atoms with Gasteiger partial charge in [-0.05, 0) is 36.8 Å². The minimum Gasteiger partial charge on any atom is -0.497 e. The molecule has 0 aromatic heterocycles. The Morgan fingerprint density at radius 1 is 1.14 bits per heavy atom. The van der Waals surface area contributed by atoms with Crippen molar-refractivity contribution >= 4 is 11.6 Å². The Morgan fingerprint density at radius 2 is 1.72 bits per heavy atom. The molecule has 0 unspecified atom stereocenters. The summed E-state index contributed by atoms with van der Waals surface area (Å²) in [4.78, 5) is 12.4. The Kier molecular flexibility index (Phi) is 5.52. The molecule has 0 aliphatic carbocycles. The third kappa shape index (κ3) is 4.19. The summed E-state index contributed by atoms with van der Waals surface area (Å²) in [6, 6.07) is 12.8. The first-order chi connectivity index (χ1) is 13.6. The number of rotatable bonds is 5. The number of carbonyl (C=O) groups excluding carboxylic acids is 1. The predicted molar refractivity (Wildman–Crippen MR) is 98.7 cm³/mol. The average molecular weight is 408 g/mol. The van der Waals surface area contributed by atoms with E-state index < -0.39 is 30.8 Å². The fourth-order valence-electron chi connectivity index (χ4n) is 2.81. The fourth-order valence-corrected chi connectivity index (χ4v) is 2.81. The molecule has 6 nitrogen and oxygen atoms in total. The summed E-state index contributed by atoms with van der Waals surface area (Å²) in [5, 5.41) is 14.1. The van der Waals surface area contributed by atoms with Gasteiger partial charge in [-0.25, -0.2) is 0 Å². The third-order valence-corrected chi connectivity index (χ3v) is 4.48. The molecule has 2 aromatic rings. The Bertz CT molecular complexity index is 911. The molecule has 1 atom stereocenters. The van der Waals surface area contributed by atoms with Gasteiger partial charge in [0.15, 0.2) is 6.61 Å². The van der Waals surface area contributed by atoms with E-state index in [2.05, 4.69) is 5.10 Å². The van der Waals surface area contributed by atoms with Crippen LogP contribution in [-0.4, -0.2) is 47.4 Å². The van der Waals surface area contributed by atoms with Gasteiger partial charge in [0, 0.05) is 0 Å². The number of aliphatic hydroxyl groups is 1. The number of methoxy groups -OCH3 is 1. The van der Waals surface area contributed by atoms with E-state index in [0.29, 0.717) is 11.3 Å². The molecular weight excluding hydrogens is 389 g/mol. The van der Waals surface area contributed by atoms with E-state index in [1.54, 1.807) is 36.4 Å². The van der Waals surface area contributed by atoms with Crippen LogP contribution in [0, 0.1) is 6.92 Å². The van der Waals surface area contributed by atoms with E-state index in [1.165, 1.54) is 19.2 Å². The number of amides is 1. The lowest BCUT2D eigenvalue weighted by molar-refractivity contribution is -0.302. The second-order valence-electron chi connectivity index (χ2n) is 6.57. The van der Waals surface area contributed by atoms with Gasteiger partial charge in [-0.1, -0.05) is 29.8 Å². The van der Waals surface area contributed by atoms with E-state index in [0.717, 1.165) is 5.56 Å². The predicted octanol–water partition coefficient (Wildman–Crippen LogP) is 3.27. The van der Waals surface area contributed by atoms with Crippen molar-refractivity contribution in [3.63, 3.8) is 0 Å². The molecule has 0 spiro atoms. The summed E-state index contributed by atoms with van der Waals surface area (Å²) in [6.45, 7) is 1.11. The number of benzene rings is 2. The molecule has 154 valence electrons. The number of ether oxygens (including phenoxy) is 2. The quantitative estimate of drug-likeness (QED) is 0.825. The zero-order chi connectivity index (χ0) is 21.2. The zero-order valence-electron chi connectivity index (χ0n) is 15.7. The summed E-state index contributed by atoms with van der Waals surface area (Å²) in [7, 11) is 1.48. The third-order valence-electron chi connectivity index (χ3n) is 4.48. The van der Waals surface area contributed by atoms with Crippen molar-refractivity contribution in [1.82, 2.24) is 5.01 Å². The van der Waals surface area contributed by atoms with E-state index >= 15 is 0 Å². The minimum absolute atomic E-state index is 0.0392. The number of hydrogen-bond acceptors (Lipinski definition) is 5. The molecule has 1 amide bonds. The van der Waals surface area contributed by atoms with Gasteiger partial charge in [0.2, 0.25) is 0 Å². The normalized spacial score (nSPS) is 19.1. The fraction of sp³-hybridized carbons (Fsp3) is 0.300. The van der Waals surface area contributed by atoms with Gasteiger partial charge in [-0.15, -0.1) is 0 Å². The molecule has 9 heteroatoms. The number of carbonyl (C=O) groups is 1. The van der Waals surface area contributed by atoms with Crippen molar-refractivity contribution in [2.24, 2.45) is 5.10 Å². The van der Waals surface area contributed by atoms with Gasteiger partial charge in [-0.3, -0.25) is 4.79 Å². The zero-order valence-corrected chi connectivity index (χ0v) is 15.7. The molecule has 29 heavy (non-hydrogen) atoms. The second kappa shape index (κ2) is 7.75. The summed E-state index contributed by atoms with van der Waals surface area (Å²) in [5.74, 6) is -0.304. The number of alkyl halides is 3. The molecule has 1 heterocycles. The molecule has 0 saturated carbocycles. The highest BCUT2D eigenvalue weighted by atomic mass is 19.4. The monoisotopic (exact) mass is 408 g/mol. The van der Waals surface area contributed by atoms with Crippen LogP contribution in [0.2, 0.25) is 0 Å². The lowest BCUT2D eigenvalue weighted by Gasteiger charge is -2.32. The van der Waals surface area contributed by atoms with Crippen LogP contribution in [0.5, 0.6) is 11.5 Å². The largest absolute Gasteiger partial charge is 0.497 e. The van der Waals surface area contributed by atoms with Crippen LogP contribution >= 0.6 is 0 Å². The van der Waals surface area contributed by atoms with Crippen LogP contribution in [0.1, 0.15) is 17.5 Å². The highest BCUT2D eigenvalue weighted by Crippen LogP contribution is 2.41. The summed E-state index contributed by atoms with van der Waals surface area (Å²) >= 11 is 0. The van der Waals surface area contributed by atoms with Crippen molar-refractivity contribution in [2.75, 3.05) is 13.7 Å². The molecular formula is C20H19F3N2O4. The highest BCUT2D eigenvalue weighted by molar-refractivity contribution is 6.03. The first kappa shape index (κ1) is 20.7. The molecule has 1 N–H and O–H groups in total. The molecule has 3 rings (SSSR count). The number of hydrogen-bond donors (Lipinski definition) is 1. The number of aryl methyl sites for hydroxylation is 1. The smallest absolute Gasteiger partial charge is 0.438 e. The average Bonchev–Trinajstić information content (AvgIpc) is 3.06. The Hall–Kier alpha value is -3.07. The Balaban J connectivity index is 1.81. The molecule has 2 aromatic carbocycles. The minimum atomic E-state index is -5.10. The molecule has 1 aliphatic rings. The molecule has 0 fully saturated rings. The lowest BCUT2D eigenvalue weighted by atomic mass is 10.00. The standard InChI is InChI=1S/C20H19F3N2O4/c1-13-3-5-14(6-4-13)17-11-19(27,20(21,22)23)25(24-17)18(26)12-29-16-9-7-15(28-2)8-10-16/h3-10,27H,11-12H2,1-2H3/t19-/m1/s1. The van der Waals surface area contributed by atoms with Crippen molar-refractivity contribution in [3.8, 4) is 11.5 Å². The van der Waals surface area contributed by atoms with Crippen LogP contribution in [0.3, 0.4) is 0 Å². The van der Waals surface area contributed by atoms with E-state index in [9.17, 15) is 23.1 Å². The molecule has 0 saturated heterocycles.